The fraction of sp³-hybridized carbons (Fsp3) is 0.389. The van der Waals surface area contributed by atoms with Crippen LogP contribution in [0.15, 0.2) is 34.9 Å². The maximum Gasteiger partial charge on any atom is 0.273 e. The summed E-state index contributed by atoms with van der Waals surface area (Å²) < 4.78 is 10.7. The smallest absolute Gasteiger partial charge is 0.273 e. The Bertz CT molecular complexity index is 695. The monoisotopic (exact) mass is 345 g/mol. The van der Waals surface area contributed by atoms with Crippen molar-refractivity contribution in [2.24, 2.45) is 0 Å². The zero-order valence-electron chi connectivity index (χ0n) is 14.5. The van der Waals surface area contributed by atoms with Crippen molar-refractivity contribution in [3.63, 3.8) is 0 Å². The van der Waals surface area contributed by atoms with Crippen molar-refractivity contribution in [1.29, 1.82) is 0 Å². The molecule has 0 aliphatic rings. The summed E-state index contributed by atoms with van der Waals surface area (Å²) in [5.41, 5.74) is 0.956. The molecule has 0 radical (unpaired) electrons. The van der Waals surface area contributed by atoms with Crippen molar-refractivity contribution >= 4 is 17.5 Å². The number of hydrogen-bond donors (Lipinski definition) is 2. The Morgan fingerprint density at radius 3 is 2.64 bits per heavy atom. The van der Waals surface area contributed by atoms with Gasteiger partial charge in [0.2, 0.25) is 5.91 Å². The lowest BCUT2D eigenvalue weighted by Gasteiger charge is -2.06. The van der Waals surface area contributed by atoms with E-state index in [-0.39, 0.29) is 24.1 Å². The number of unbranched alkanes of at least 4 members (excludes halogenated alkanes) is 1. The summed E-state index contributed by atoms with van der Waals surface area (Å²) in [6, 6.07) is 8.59. The molecule has 0 unspecified atom stereocenters. The molecule has 7 heteroatoms. The molecule has 134 valence electrons. The molecule has 1 heterocycles. The lowest BCUT2D eigenvalue weighted by atomic mass is 10.3. The normalized spacial score (nSPS) is 10.3. The molecule has 2 amide bonds. The second kappa shape index (κ2) is 9.46. The van der Waals surface area contributed by atoms with Gasteiger partial charge in [0, 0.05) is 24.7 Å². The number of hydrogen-bond acceptors (Lipinski definition) is 5. The number of aromatic nitrogens is 1. The predicted octanol–water partition coefficient (Wildman–Crippen LogP) is 3.13. The number of rotatable bonds is 9. The van der Waals surface area contributed by atoms with Gasteiger partial charge in [-0.1, -0.05) is 25.4 Å². The molecule has 0 fully saturated rings. The minimum absolute atomic E-state index is 0.0416. The van der Waals surface area contributed by atoms with Crippen LogP contribution in [0.5, 0.6) is 5.75 Å². The van der Waals surface area contributed by atoms with Crippen LogP contribution < -0.4 is 15.4 Å². The predicted molar refractivity (Wildman–Crippen MR) is 93.4 cm³/mol. The first-order chi connectivity index (χ1) is 12.1. The van der Waals surface area contributed by atoms with Gasteiger partial charge in [0.05, 0.1) is 0 Å². The first-order valence-corrected chi connectivity index (χ1v) is 8.38. The number of amides is 2. The van der Waals surface area contributed by atoms with E-state index in [0.29, 0.717) is 30.2 Å². The molecule has 0 saturated carbocycles. The first-order valence-electron chi connectivity index (χ1n) is 8.38. The highest BCUT2D eigenvalue weighted by atomic mass is 16.5. The standard InChI is InChI=1S/C18H23N3O4/c1-3-5-10-19-18(23)16-11-15(25-21-16)12-24-14-8-6-13(7-9-14)20-17(22)4-2/h6-9,11H,3-5,10,12H2,1-2H3,(H,19,23)(H,20,22). The highest BCUT2D eigenvalue weighted by molar-refractivity contribution is 5.92. The fourth-order valence-corrected chi connectivity index (χ4v) is 2.00. The minimum atomic E-state index is -0.250. The average Bonchev–Trinajstić information content (AvgIpc) is 3.10. The molecule has 0 bridgehead atoms. The maximum absolute atomic E-state index is 11.8. The van der Waals surface area contributed by atoms with Crippen molar-refractivity contribution in [2.75, 3.05) is 11.9 Å². The highest BCUT2D eigenvalue weighted by Gasteiger charge is 2.12. The van der Waals surface area contributed by atoms with E-state index in [1.165, 1.54) is 0 Å². The summed E-state index contributed by atoms with van der Waals surface area (Å²) in [7, 11) is 0. The summed E-state index contributed by atoms with van der Waals surface area (Å²) in [5, 5.41) is 9.29. The molecule has 2 rings (SSSR count). The van der Waals surface area contributed by atoms with E-state index < -0.39 is 0 Å². The lowest BCUT2D eigenvalue weighted by molar-refractivity contribution is -0.115. The van der Waals surface area contributed by atoms with Gasteiger partial charge in [0.15, 0.2) is 11.5 Å². The molecule has 1 aromatic heterocycles. The average molecular weight is 345 g/mol. The molecule has 2 N–H and O–H groups in total. The van der Waals surface area contributed by atoms with Crippen molar-refractivity contribution in [2.45, 2.75) is 39.7 Å². The molecular weight excluding hydrogens is 322 g/mol. The second-order valence-electron chi connectivity index (χ2n) is 5.50. The SMILES string of the molecule is CCCCNC(=O)c1cc(COc2ccc(NC(=O)CC)cc2)on1. The number of benzene rings is 1. The topological polar surface area (TPSA) is 93.5 Å². The van der Waals surface area contributed by atoms with Crippen LogP contribution in [0.4, 0.5) is 5.69 Å². The maximum atomic E-state index is 11.8. The number of carbonyl (C=O) groups is 2. The van der Waals surface area contributed by atoms with Crippen LogP contribution in [0.3, 0.4) is 0 Å². The van der Waals surface area contributed by atoms with Crippen LogP contribution in [-0.2, 0) is 11.4 Å². The van der Waals surface area contributed by atoms with Gasteiger partial charge < -0.3 is 19.9 Å². The number of carbonyl (C=O) groups excluding carboxylic acids is 2. The summed E-state index contributed by atoms with van der Waals surface area (Å²) in [6.45, 7) is 4.63. The quantitative estimate of drug-likeness (QED) is 0.681. The van der Waals surface area contributed by atoms with Crippen LogP contribution >= 0.6 is 0 Å². The van der Waals surface area contributed by atoms with Gasteiger partial charge in [-0.15, -0.1) is 0 Å². The number of anilines is 1. The van der Waals surface area contributed by atoms with E-state index >= 15 is 0 Å². The third-order valence-corrected chi connectivity index (χ3v) is 3.45. The van der Waals surface area contributed by atoms with Crippen molar-refractivity contribution in [3.05, 3.63) is 41.8 Å². The van der Waals surface area contributed by atoms with Gasteiger partial charge in [-0.2, -0.15) is 0 Å². The Hall–Kier alpha value is -2.83. The largest absolute Gasteiger partial charge is 0.486 e. The van der Waals surface area contributed by atoms with E-state index in [1.54, 1.807) is 37.3 Å². The molecule has 0 aliphatic heterocycles. The molecule has 0 saturated heterocycles. The third-order valence-electron chi connectivity index (χ3n) is 3.45. The van der Waals surface area contributed by atoms with Gasteiger partial charge in [-0.05, 0) is 30.7 Å². The summed E-state index contributed by atoms with van der Waals surface area (Å²) in [6.07, 6.45) is 2.37. The molecular formula is C18H23N3O4. The molecule has 25 heavy (non-hydrogen) atoms. The van der Waals surface area contributed by atoms with Crippen LogP contribution in [0.2, 0.25) is 0 Å². The molecule has 1 aromatic carbocycles. The van der Waals surface area contributed by atoms with Gasteiger partial charge in [0.25, 0.3) is 5.91 Å². The van der Waals surface area contributed by atoms with E-state index in [1.807, 2.05) is 0 Å². The van der Waals surface area contributed by atoms with Gasteiger partial charge in [0.1, 0.15) is 12.4 Å². The van der Waals surface area contributed by atoms with Crippen molar-refractivity contribution in [1.82, 2.24) is 10.5 Å². The van der Waals surface area contributed by atoms with Crippen LogP contribution in [0.1, 0.15) is 49.4 Å². The van der Waals surface area contributed by atoms with Gasteiger partial charge in [-0.25, -0.2) is 0 Å². The summed E-state index contributed by atoms with van der Waals surface area (Å²) in [5.74, 6) is 0.795. The Kier molecular flexibility index (Phi) is 7.00. The Morgan fingerprint density at radius 1 is 1.20 bits per heavy atom. The Morgan fingerprint density at radius 2 is 1.96 bits per heavy atom. The molecule has 0 aliphatic carbocycles. The third kappa shape index (κ3) is 5.95. The zero-order chi connectivity index (χ0) is 18.1. The molecule has 0 spiro atoms. The second-order valence-corrected chi connectivity index (χ2v) is 5.50. The van der Waals surface area contributed by atoms with E-state index in [2.05, 4.69) is 22.7 Å². The Balaban J connectivity index is 1.83. The lowest BCUT2D eigenvalue weighted by Crippen LogP contribution is -2.24. The number of nitrogens with zero attached hydrogens (tertiary/aromatic N) is 1. The fourth-order valence-electron chi connectivity index (χ4n) is 2.00. The van der Waals surface area contributed by atoms with Crippen LogP contribution in [0.25, 0.3) is 0 Å². The van der Waals surface area contributed by atoms with Crippen LogP contribution in [-0.4, -0.2) is 23.5 Å². The molecule has 2 aromatic rings. The minimum Gasteiger partial charge on any atom is -0.486 e. The summed E-state index contributed by atoms with van der Waals surface area (Å²) in [4.78, 5) is 23.2. The van der Waals surface area contributed by atoms with E-state index in [0.717, 1.165) is 12.8 Å². The van der Waals surface area contributed by atoms with Crippen LogP contribution in [0, 0.1) is 0 Å². The first kappa shape index (κ1) is 18.5. The van der Waals surface area contributed by atoms with E-state index in [9.17, 15) is 9.59 Å². The Labute approximate surface area is 146 Å². The highest BCUT2D eigenvalue weighted by Crippen LogP contribution is 2.17. The number of nitrogens with one attached hydrogen (secondary N) is 2. The molecule has 0 atom stereocenters. The summed E-state index contributed by atoms with van der Waals surface area (Å²) >= 11 is 0. The van der Waals surface area contributed by atoms with Gasteiger partial charge in [-0.3, -0.25) is 9.59 Å². The number of ether oxygens (including phenoxy) is 1. The van der Waals surface area contributed by atoms with Gasteiger partial charge >= 0.3 is 0 Å². The zero-order valence-corrected chi connectivity index (χ0v) is 14.5. The van der Waals surface area contributed by atoms with E-state index in [4.69, 9.17) is 9.26 Å². The van der Waals surface area contributed by atoms with Crippen molar-refractivity contribution in [3.8, 4) is 5.75 Å². The molecule has 7 nitrogen and oxygen atoms in total. The van der Waals surface area contributed by atoms with Crippen molar-refractivity contribution < 1.29 is 18.8 Å².